The van der Waals surface area contributed by atoms with Crippen LogP contribution < -0.4 is 10.2 Å². The van der Waals surface area contributed by atoms with Crippen LogP contribution in [0.1, 0.15) is 23.5 Å². The van der Waals surface area contributed by atoms with Gasteiger partial charge in [-0.25, -0.2) is 4.39 Å². The molecule has 5 rings (SSSR count). The van der Waals surface area contributed by atoms with Crippen molar-refractivity contribution in [2.45, 2.75) is 12.1 Å². The highest BCUT2D eigenvalue weighted by molar-refractivity contribution is 7.80. The molecule has 1 saturated heterocycles. The summed E-state index contributed by atoms with van der Waals surface area (Å²) in [5.74, 6) is 1.07. The number of hydrogen-bond acceptors (Lipinski definition) is 4. The normalized spacial score (nSPS) is 18.2. The van der Waals surface area contributed by atoms with Gasteiger partial charge in [-0.1, -0.05) is 18.2 Å². The van der Waals surface area contributed by atoms with Crippen molar-refractivity contribution >= 4 is 23.0 Å². The minimum atomic E-state index is -0.384. The van der Waals surface area contributed by atoms with Crippen LogP contribution in [0.2, 0.25) is 0 Å². The minimum Gasteiger partial charge on any atom is -0.506 e. The van der Waals surface area contributed by atoms with Gasteiger partial charge >= 0.3 is 0 Å². The number of nitrogens with zero attached hydrogens (tertiary/aromatic N) is 2. The Balaban J connectivity index is 1.61. The lowest BCUT2D eigenvalue weighted by Gasteiger charge is -2.26. The summed E-state index contributed by atoms with van der Waals surface area (Å²) in [6.07, 6.45) is 1.73. The molecule has 2 aromatic carbocycles. The molecule has 31 heavy (non-hydrogen) atoms. The van der Waals surface area contributed by atoms with Gasteiger partial charge in [0, 0.05) is 11.8 Å². The van der Waals surface area contributed by atoms with Crippen molar-refractivity contribution in [3.05, 3.63) is 102 Å². The lowest BCUT2D eigenvalue weighted by Crippen LogP contribution is -2.29. The molecule has 0 amide bonds. The number of pyridine rings is 1. The number of halogens is 1. The van der Waals surface area contributed by atoms with E-state index in [2.05, 4.69) is 10.3 Å². The minimum absolute atomic E-state index is 0.114. The number of aromatic nitrogens is 1. The second-order valence-electron chi connectivity index (χ2n) is 7.19. The Labute approximate surface area is 183 Å². The van der Waals surface area contributed by atoms with Crippen molar-refractivity contribution in [1.29, 1.82) is 0 Å². The first-order valence-corrected chi connectivity index (χ1v) is 10.2. The molecule has 1 aliphatic rings. The van der Waals surface area contributed by atoms with E-state index in [1.54, 1.807) is 36.5 Å². The fourth-order valence-electron chi connectivity index (χ4n) is 3.85. The molecule has 154 valence electrons. The maximum atomic E-state index is 13.3. The molecule has 2 N–H and O–H groups in total. The Bertz CT molecular complexity index is 1230. The second-order valence-corrected chi connectivity index (χ2v) is 7.58. The highest BCUT2D eigenvalue weighted by atomic mass is 32.1. The van der Waals surface area contributed by atoms with Gasteiger partial charge in [0.1, 0.15) is 29.1 Å². The summed E-state index contributed by atoms with van der Waals surface area (Å²) in [6, 6.07) is 21.9. The van der Waals surface area contributed by atoms with Crippen molar-refractivity contribution in [2.24, 2.45) is 0 Å². The Morgan fingerprint density at radius 2 is 1.74 bits per heavy atom. The standard InChI is InChI=1S/C24H18FN3O2S/c25-16-10-8-15(9-11-16)20-12-13-21(30-20)23-22(17-5-3-4-14-26-17)27-24(31)28(23)18-6-1-2-7-19(18)29/h1-14,22-23,29H,(H,27,31)/t22-,23-/m1/s1. The van der Waals surface area contributed by atoms with Crippen molar-refractivity contribution in [2.75, 3.05) is 4.90 Å². The van der Waals surface area contributed by atoms with Crippen LogP contribution in [-0.4, -0.2) is 15.2 Å². The molecule has 7 heteroatoms. The fourth-order valence-corrected chi connectivity index (χ4v) is 4.19. The Hall–Kier alpha value is -3.71. The first-order chi connectivity index (χ1) is 15.1. The van der Waals surface area contributed by atoms with Gasteiger partial charge in [0.05, 0.1) is 17.4 Å². The summed E-state index contributed by atoms with van der Waals surface area (Å²) in [5, 5.41) is 14.3. The van der Waals surface area contributed by atoms with Crippen LogP contribution in [0.4, 0.5) is 10.1 Å². The van der Waals surface area contributed by atoms with Crippen molar-refractivity contribution in [1.82, 2.24) is 10.3 Å². The van der Waals surface area contributed by atoms with E-state index in [4.69, 9.17) is 16.6 Å². The molecular formula is C24H18FN3O2S. The van der Waals surface area contributed by atoms with Gasteiger partial charge in [-0.3, -0.25) is 4.98 Å². The number of thiocarbonyl (C=S) groups is 1. The fraction of sp³-hybridized carbons (Fsp3) is 0.0833. The first-order valence-electron chi connectivity index (χ1n) is 9.76. The van der Waals surface area contributed by atoms with Crippen LogP contribution in [0.15, 0.2) is 89.5 Å². The molecular weight excluding hydrogens is 413 g/mol. The van der Waals surface area contributed by atoms with Crippen molar-refractivity contribution in [3.63, 3.8) is 0 Å². The number of para-hydroxylation sites is 2. The molecule has 2 atom stereocenters. The quantitative estimate of drug-likeness (QED) is 0.424. The first kappa shape index (κ1) is 19.3. The number of aromatic hydroxyl groups is 1. The summed E-state index contributed by atoms with van der Waals surface area (Å²) in [6.45, 7) is 0. The van der Waals surface area contributed by atoms with Gasteiger partial charge in [0.25, 0.3) is 0 Å². The van der Waals surface area contributed by atoms with E-state index in [-0.39, 0.29) is 23.7 Å². The highest BCUT2D eigenvalue weighted by Gasteiger charge is 2.43. The van der Waals surface area contributed by atoms with Gasteiger partial charge in [-0.05, 0) is 72.9 Å². The van der Waals surface area contributed by atoms with Crippen molar-refractivity contribution < 1.29 is 13.9 Å². The lowest BCUT2D eigenvalue weighted by molar-refractivity contribution is 0.434. The number of rotatable bonds is 4. The van der Waals surface area contributed by atoms with E-state index in [0.717, 1.165) is 11.3 Å². The van der Waals surface area contributed by atoms with Crippen LogP contribution >= 0.6 is 12.2 Å². The number of benzene rings is 2. The summed E-state index contributed by atoms with van der Waals surface area (Å²) in [4.78, 5) is 6.35. The number of anilines is 1. The summed E-state index contributed by atoms with van der Waals surface area (Å²) in [5.41, 5.74) is 2.14. The molecule has 1 fully saturated rings. The van der Waals surface area contributed by atoms with Gasteiger partial charge < -0.3 is 19.7 Å². The van der Waals surface area contributed by atoms with Crippen LogP contribution in [0.25, 0.3) is 11.3 Å². The SMILES string of the molecule is Oc1ccccc1N1C(=S)N[C@H](c2ccccn2)[C@H]1c1ccc(-c2ccc(F)cc2)o1. The van der Waals surface area contributed by atoms with Gasteiger partial charge in [0.15, 0.2) is 5.11 Å². The maximum absolute atomic E-state index is 13.3. The third kappa shape index (κ3) is 3.53. The molecule has 5 nitrogen and oxygen atoms in total. The number of nitrogens with one attached hydrogen (secondary N) is 1. The predicted octanol–water partition coefficient (Wildman–Crippen LogP) is 5.36. The number of furan rings is 1. The predicted molar refractivity (Wildman–Crippen MR) is 120 cm³/mol. The van der Waals surface area contributed by atoms with E-state index in [0.29, 0.717) is 22.3 Å². The third-order valence-electron chi connectivity index (χ3n) is 5.29. The van der Waals surface area contributed by atoms with Crippen LogP contribution in [0, 0.1) is 5.82 Å². The zero-order chi connectivity index (χ0) is 21.4. The van der Waals surface area contributed by atoms with E-state index in [1.165, 1.54) is 12.1 Å². The third-order valence-corrected chi connectivity index (χ3v) is 5.60. The topological polar surface area (TPSA) is 61.5 Å². The summed E-state index contributed by atoms with van der Waals surface area (Å²) in [7, 11) is 0. The average molecular weight is 431 g/mol. The summed E-state index contributed by atoms with van der Waals surface area (Å²) < 4.78 is 19.5. The molecule has 4 aromatic rings. The van der Waals surface area contributed by atoms with E-state index < -0.39 is 0 Å². The van der Waals surface area contributed by atoms with Gasteiger partial charge in [0.2, 0.25) is 0 Å². The molecule has 1 aliphatic heterocycles. The molecule has 0 saturated carbocycles. The molecule has 0 aliphatic carbocycles. The van der Waals surface area contributed by atoms with Crippen LogP contribution in [0.3, 0.4) is 0 Å². The Kier molecular flexibility index (Phi) is 4.88. The lowest BCUT2D eigenvalue weighted by atomic mass is 10.0. The van der Waals surface area contributed by atoms with E-state index in [1.807, 2.05) is 41.3 Å². The van der Waals surface area contributed by atoms with Crippen LogP contribution in [-0.2, 0) is 0 Å². The monoisotopic (exact) mass is 431 g/mol. The molecule has 2 aromatic heterocycles. The highest BCUT2D eigenvalue weighted by Crippen LogP contribution is 2.45. The average Bonchev–Trinajstić information content (AvgIpc) is 3.40. The van der Waals surface area contributed by atoms with E-state index >= 15 is 0 Å². The Morgan fingerprint density at radius 3 is 2.48 bits per heavy atom. The molecule has 0 radical (unpaired) electrons. The Morgan fingerprint density at radius 1 is 0.968 bits per heavy atom. The number of hydrogen-bond donors (Lipinski definition) is 2. The zero-order valence-corrected chi connectivity index (χ0v) is 17.1. The maximum Gasteiger partial charge on any atom is 0.174 e. The van der Waals surface area contributed by atoms with Crippen LogP contribution in [0.5, 0.6) is 5.75 Å². The molecule has 0 spiro atoms. The van der Waals surface area contributed by atoms with Crippen molar-refractivity contribution in [3.8, 4) is 17.1 Å². The number of phenols is 1. The van der Waals surface area contributed by atoms with Gasteiger partial charge in [-0.15, -0.1) is 0 Å². The molecule has 0 bridgehead atoms. The summed E-state index contributed by atoms with van der Waals surface area (Å²) >= 11 is 5.64. The molecule has 0 unspecified atom stereocenters. The zero-order valence-electron chi connectivity index (χ0n) is 16.3. The van der Waals surface area contributed by atoms with Gasteiger partial charge in [-0.2, -0.15) is 0 Å². The largest absolute Gasteiger partial charge is 0.506 e. The second kappa shape index (κ2) is 7.85. The smallest absolute Gasteiger partial charge is 0.174 e. The van der Waals surface area contributed by atoms with E-state index in [9.17, 15) is 9.50 Å². The number of phenolic OH excluding ortho intramolecular Hbond substituents is 1. The molecule has 3 heterocycles.